The van der Waals surface area contributed by atoms with Crippen LogP contribution in [-0.4, -0.2) is 15.0 Å². The zero-order valence-corrected chi connectivity index (χ0v) is 10.2. The largest absolute Gasteiger partial charge is 0.492 e. The average molecular weight is 252 g/mol. The van der Waals surface area contributed by atoms with Crippen molar-refractivity contribution in [2.75, 3.05) is 6.61 Å². The van der Waals surface area contributed by atoms with Gasteiger partial charge in [0.1, 0.15) is 23.1 Å². The minimum atomic E-state index is -2.58. The fourth-order valence-corrected chi connectivity index (χ4v) is 1.55. The molecule has 0 fully saturated rings. The maximum Gasteiger partial charge on any atom is 0.316 e. The Morgan fingerprint density at radius 2 is 2.24 bits per heavy atom. The fraction of sp³-hybridized carbons (Fsp3) is 0.364. The molecule has 0 aliphatic heterocycles. The molecule has 90 valence electrons. The Kier molecular flexibility index (Phi) is 5.17. The molecule has 0 atom stereocenters. The maximum absolute atomic E-state index is 10.5. The van der Waals surface area contributed by atoms with Gasteiger partial charge in [-0.05, 0) is 18.6 Å². The lowest BCUT2D eigenvalue weighted by Crippen LogP contribution is -1.98. The van der Waals surface area contributed by atoms with Crippen LogP contribution in [0.2, 0.25) is 0 Å². The van der Waals surface area contributed by atoms with E-state index in [-0.39, 0.29) is 11.3 Å². The smallest absolute Gasteiger partial charge is 0.316 e. The maximum atomic E-state index is 10.5. The van der Waals surface area contributed by atoms with Gasteiger partial charge in [-0.25, -0.2) is 0 Å². The Morgan fingerprint density at radius 3 is 2.82 bits per heavy atom. The zero-order chi connectivity index (χ0) is 12.7. The van der Waals surface area contributed by atoms with Crippen LogP contribution < -0.4 is 4.74 Å². The van der Waals surface area contributed by atoms with E-state index in [0.717, 1.165) is 12.8 Å². The number of nitriles is 1. The van der Waals surface area contributed by atoms with Crippen LogP contribution in [-0.2, 0) is 10.5 Å². The summed E-state index contributed by atoms with van der Waals surface area (Å²) >= 11 is 0. The number of nitrogens with zero attached hydrogens (tertiary/aromatic N) is 2. The van der Waals surface area contributed by atoms with Gasteiger partial charge in [-0.3, -0.25) is 0 Å². The lowest BCUT2D eigenvalue weighted by molar-refractivity contribution is 0.308. The highest BCUT2D eigenvalue weighted by Gasteiger charge is 2.08. The first kappa shape index (κ1) is 13.2. The van der Waals surface area contributed by atoms with Gasteiger partial charge in [0.2, 0.25) is 0 Å². The molecular weight excluding hydrogens is 240 g/mol. The highest BCUT2D eigenvalue weighted by atomic mass is 32.2. The lowest BCUT2D eigenvalue weighted by Gasteiger charge is -2.07. The van der Waals surface area contributed by atoms with Gasteiger partial charge in [0.15, 0.2) is 0 Å². The second kappa shape index (κ2) is 6.66. The van der Waals surface area contributed by atoms with Crippen LogP contribution in [0.3, 0.4) is 0 Å². The molecular formula is C11H12N2O3S. The summed E-state index contributed by atoms with van der Waals surface area (Å²) < 4.78 is 29.7. The van der Waals surface area contributed by atoms with Crippen molar-refractivity contribution in [3.8, 4) is 11.8 Å². The molecule has 0 spiro atoms. The van der Waals surface area contributed by atoms with E-state index in [2.05, 4.69) is 4.36 Å². The van der Waals surface area contributed by atoms with E-state index < -0.39 is 10.5 Å². The SMILES string of the molecule is CCCCOc1cccc(N=S(=O)=O)c1C#N. The summed E-state index contributed by atoms with van der Waals surface area (Å²) in [5.41, 5.74) is 0.252. The third-order valence-corrected chi connectivity index (χ3v) is 2.39. The third-order valence-electron chi connectivity index (χ3n) is 2.04. The summed E-state index contributed by atoms with van der Waals surface area (Å²) in [5.74, 6) is 0.368. The molecule has 0 aliphatic rings. The molecule has 0 bridgehead atoms. The molecule has 5 nitrogen and oxygen atoms in total. The highest BCUT2D eigenvalue weighted by molar-refractivity contribution is 7.61. The van der Waals surface area contributed by atoms with Crippen molar-refractivity contribution in [1.82, 2.24) is 0 Å². The first-order valence-corrected chi connectivity index (χ1v) is 6.19. The van der Waals surface area contributed by atoms with Crippen LogP contribution in [0.5, 0.6) is 5.75 Å². The van der Waals surface area contributed by atoms with Gasteiger partial charge in [-0.15, -0.1) is 4.36 Å². The molecule has 1 rings (SSSR count). The number of unbranched alkanes of at least 4 members (excludes halogenated alkanes) is 1. The van der Waals surface area contributed by atoms with Crippen molar-refractivity contribution in [3.05, 3.63) is 23.8 Å². The van der Waals surface area contributed by atoms with Crippen molar-refractivity contribution < 1.29 is 13.2 Å². The number of benzene rings is 1. The molecule has 1 aromatic carbocycles. The summed E-state index contributed by atoms with van der Waals surface area (Å²) in [4.78, 5) is 0. The van der Waals surface area contributed by atoms with Crippen LogP contribution in [0.4, 0.5) is 5.69 Å². The molecule has 0 N–H and O–H groups in total. The van der Waals surface area contributed by atoms with Crippen molar-refractivity contribution in [1.29, 1.82) is 5.26 Å². The molecule has 0 aliphatic carbocycles. The van der Waals surface area contributed by atoms with Gasteiger partial charge in [0, 0.05) is 0 Å². The molecule has 1 aromatic rings. The van der Waals surface area contributed by atoms with Gasteiger partial charge in [-0.2, -0.15) is 13.7 Å². The quantitative estimate of drug-likeness (QED) is 0.754. The average Bonchev–Trinajstić information content (AvgIpc) is 2.29. The van der Waals surface area contributed by atoms with E-state index in [0.29, 0.717) is 12.4 Å². The van der Waals surface area contributed by atoms with Crippen LogP contribution in [0.25, 0.3) is 0 Å². The highest BCUT2D eigenvalue weighted by Crippen LogP contribution is 2.27. The van der Waals surface area contributed by atoms with Crippen molar-refractivity contribution >= 4 is 16.2 Å². The minimum absolute atomic E-state index is 0.106. The Balaban J connectivity index is 3.07. The van der Waals surface area contributed by atoms with E-state index >= 15 is 0 Å². The van der Waals surface area contributed by atoms with Crippen LogP contribution in [0.1, 0.15) is 25.3 Å². The molecule has 0 saturated carbocycles. The Hall–Kier alpha value is -1.87. The molecule has 6 heteroatoms. The van der Waals surface area contributed by atoms with E-state index in [9.17, 15) is 8.42 Å². The predicted molar refractivity (Wildman–Crippen MR) is 62.6 cm³/mol. The molecule has 0 aromatic heterocycles. The second-order valence-electron chi connectivity index (χ2n) is 3.27. The topological polar surface area (TPSA) is 79.5 Å². The van der Waals surface area contributed by atoms with E-state index in [1.807, 2.05) is 13.0 Å². The number of hydrogen-bond donors (Lipinski definition) is 0. The van der Waals surface area contributed by atoms with E-state index in [4.69, 9.17) is 10.00 Å². The standard InChI is InChI=1S/C11H12N2O3S/c1-2-3-7-16-11-6-4-5-10(9(11)8-12)13-17(14)15/h4-6H,2-3,7H2,1H3. The summed E-state index contributed by atoms with van der Waals surface area (Å²) in [6, 6.07) is 6.59. The first-order valence-electron chi connectivity index (χ1n) is 5.16. The summed E-state index contributed by atoms with van der Waals surface area (Å²) in [6.07, 6.45) is 1.86. The summed E-state index contributed by atoms with van der Waals surface area (Å²) in [6.45, 7) is 2.52. The van der Waals surface area contributed by atoms with Crippen LogP contribution in [0.15, 0.2) is 22.6 Å². The monoisotopic (exact) mass is 252 g/mol. The van der Waals surface area contributed by atoms with Gasteiger partial charge < -0.3 is 4.74 Å². The predicted octanol–water partition coefficient (Wildman–Crippen LogP) is 2.43. The van der Waals surface area contributed by atoms with E-state index in [1.165, 1.54) is 6.07 Å². The normalized spacial score (nSPS) is 9.41. The Bertz CT molecular complexity index is 551. The molecule has 0 radical (unpaired) electrons. The van der Waals surface area contributed by atoms with Gasteiger partial charge >= 0.3 is 10.5 Å². The first-order chi connectivity index (χ1) is 8.19. The van der Waals surface area contributed by atoms with Gasteiger partial charge in [0.25, 0.3) is 0 Å². The summed E-state index contributed by atoms with van der Waals surface area (Å²) in [5, 5.41) is 8.98. The zero-order valence-electron chi connectivity index (χ0n) is 9.38. The number of hydrogen-bond acceptors (Lipinski definition) is 5. The van der Waals surface area contributed by atoms with Crippen molar-refractivity contribution in [2.24, 2.45) is 4.36 Å². The Morgan fingerprint density at radius 1 is 1.47 bits per heavy atom. The summed E-state index contributed by atoms with van der Waals surface area (Å²) in [7, 11) is -2.58. The fourth-order valence-electron chi connectivity index (χ4n) is 1.24. The molecule has 0 saturated heterocycles. The number of ether oxygens (including phenoxy) is 1. The lowest BCUT2D eigenvalue weighted by atomic mass is 10.2. The Labute approximate surface area is 101 Å². The minimum Gasteiger partial charge on any atom is -0.492 e. The van der Waals surface area contributed by atoms with Crippen molar-refractivity contribution in [3.63, 3.8) is 0 Å². The van der Waals surface area contributed by atoms with Crippen LogP contribution >= 0.6 is 0 Å². The van der Waals surface area contributed by atoms with E-state index in [1.54, 1.807) is 12.1 Å². The van der Waals surface area contributed by atoms with Crippen LogP contribution in [0, 0.1) is 11.3 Å². The number of rotatable bonds is 5. The van der Waals surface area contributed by atoms with Crippen molar-refractivity contribution in [2.45, 2.75) is 19.8 Å². The molecule has 0 amide bonds. The second-order valence-corrected chi connectivity index (χ2v) is 3.89. The van der Waals surface area contributed by atoms with Gasteiger partial charge in [0.05, 0.1) is 6.61 Å². The van der Waals surface area contributed by atoms with Gasteiger partial charge in [-0.1, -0.05) is 19.4 Å². The molecule has 0 heterocycles. The third kappa shape index (κ3) is 3.89. The molecule has 0 unspecified atom stereocenters. The molecule has 17 heavy (non-hydrogen) atoms.